The van der Waals surface area contributed by atoms with Gasteiger partial charge < -0.3 is 10.1 Å². The second-order valence-electron chi connectivity index (χ2n) is 4.24. The Balaban J connectivity index is 1.79. The van der Waals surface area contributed by atoms with Gasteiger partial charge in [0.2, 0.25) is 5.91 Å². The van der Waals surface area contributed by atoms with Crippen LogP contribution in [-0.4, -0.2) is 17.5 Å². The van der Waals surface area contributed by atoms with Gasteiger partial charge >= 0.3 is 0 Å². The average Bonchev–Trinajstić information content (AvgIpc) is 2.82. The van der Waals surface area contributed by atoms with Crippen LogP contribution in [0.2, 0.25) is 5.15 Å². The lowest BCUT2D eigenvalue weighted by molar-refractivity contribution is -0.117. The minimum absolute atomic E-state index is 0.139. The van der Waals surface area contributed by atoms with Crippen LogP contribution in [0.4, 0.5) is 5.82 Å². The molecular weight excluding hydrogens is 264 g/mol. The number of carbonyl (C=O) groups excluding carboxylic acids is 1. The van der Waals surface area contributed by atoms with Gasteiger partial charge in [0.25, 0.3) is 0 Å². The fourth-order valence-corrected chi connectivity index (χ4v) is 2.23. The Morgan fingerprint density at radius 2 is 2.11 bits per heavy atom. The lowest BCUT2D eigenvalue weighted by Crippen LogP contribution is -2.22. The van der Waals surface area contributed by atoms with E-state index in [9.17, 15) is 4.79 Å². The van der Waals surface area contributed by atoms with Crippen LogP contribution in [0, 0.1) is 0 Å². The lowest BCUT2D eigenvalue weighted by atomic mass is 10.0. The summed E-state index contributed by atoms with van der Waals surface area (Å²) in [6.07, 6.45) is 0. The SMILES string of the molecule is O=C(Nc1cccc(Cl)n1)C1COc2ccccc21. The van der Waals surface area contributed by atoms with Gasteiger partial charge in [-0.25, -0.2) is 4.98 Å². The van der Waals surface area contributed by atoms with E-state index in [1.807, 2.05) is 24.3 Å². The van der Waals surface area contributed by atoms with Crippen molar-refractivity contribution in [3.63, 3.8) is 0 Å². The summed E-state index contributed by atoms with van der Waals surface area (Å²) in [5, 5.41) is 3.10. The molecule has 1 atom stereocenters. The molecule has 1 aromatic carbocycles. The molecule has 2 heterocycles. The van der Waals surface area contributed by atoms with E-state index in [4.69, 9.17) is 16.3 Å². The summed E-state index contributed by atoms with van der Waals surface area (Å²) in [5.41, 5.74) is 0.905. The molecule has 4 nitrogen and oxygen atoms in total. The van der Waals surface area contributed by atoms with Crippen LogP contribution in [0.3, 0.4) is 0 Å². The quantitative estimate of drug-likeness (QED) is 0.857. The smallest absolute Gasteiger partial charge is 0.236 e. The number of ether oxygens (including phenoxy) is 1. The van der Waals surface area contributed by atoms with E-state index >= 15 is 0 Å². The largest absolute Gasteiger partial charge is 0.492 e. The highest BCUT2D eigenvalue weighted by molar-refractivity contribution is 6.29. The number of fused-ring (bicyclic) bond motifs is 1. The van der Waals surface area contributed by atoms with Crippen LogP contribution in [-0.2, 0) is 4.79 Å². The van der Waals surface area contributed by atoms with Gasteiger partial charge in [-0.1, -0.05) is 35.9 Å². The second-order valence-corrected chi connectivity index (χ2v) is 4.62. The third-order valence-corrected chi connectivity index (χ3v) is 3.19. The number of carbonyl (C=O) groups is 1. The standard InChI is InChI=1S/C14H11ClN2O2/c15-12-6-3-7-13(16-12)17-14(18)10-8-19-11-5-2-1-4-9(10)11/h1-7,10H,8H2,(H,16,17,18). The van der Waals surface area contributed by atoms with Crippen molar-refractivity contribution < 1.29 is 9.53 Å². The predicted octanol–water partition coefficient (Wildman–Crippen LogP) is 2.85. The Labute approximate surface area is 115 Å². The number of nitrogens with zero attached hydrogens (tertiary/aromatic N) is 1. The maximum atomic E-state index is 12.2. The van der Waals surface area contributed by atoms with Crippen molar-refractivity contribution in [3.8, 4) is 5.75 Å². The Morgan fingerprint density at radius 1 is 1.26 bits per heavy atom. The Kier molecular flexibility index (Phi) is 3.09. The van der Waals surface area contributed by atoms with E-state index in [-0.39, 0.29) is 11.8 Å². The summed E-state index contributed by atoms with van der Waals surface area (Å²) < 4.78 is 5.49. The van der Waals surface area contributed by atoms with E-state index in [1.165, 1.54) is 0 Å². The summed E-state index contributed by atoms with van der Waals surface area (Å²) in [7, 11) is 0. The number of pyridine rings is 1. The van der Waals surface area contributed by atoms with Gasteiger partial charge in [0, 0.05) is 5.56 Å². The maximum absolute atomic E-state index is 12.2. The number of rotatable bonds is 2. The minimum atomic E-state index is -0.308. The number of hydrogen-bond acceptors (Lipinski definition) is 3. The average molecular weight is 275 g/mol. The zero-order valence-electron chi connectivity index (χ0n) is 9.97. The molecule has 3 rings (SSSR count). The topological polar surface area (TPSA) is 51.2 Å². The van der Waals surface area contributed by atoms with E-state index in [0.29, 0.717) is 17.6 Å². The number of halogens is 1. The van der Waals surface area contributed by atoms with Crippen LogP contribution in [0.5, 0.6) is 5.75 Å². The molecule has 1 aromatic heterocycles. The van der Waals surface area contributed by atoms with Crippen molar-refractivity contribution in [2.75, 3.05) is 11.9 Å². The molecule has 1 unspecified atom stereocenters. The van der Waals surface area contributed by atoms with Crippen LogP contribution in [0.25, 0.3) is 0 Å². The first-order chi connectivity index (χ1) is 9.24. The number of benzene rings is 1. The highest BCUT2D eigenvalue weighted by atomic mass is 35.5. The van der Waals surface area contributed by atoms with E-state index in [2.05, 4.69) is 10.3 Å². The van der Waals surface area contributed by atoms with Crippen molar-refractivity contribution >= 4 is 23.3 Å². The third-order valence-electron chi connectivity index (χ3n) is 2.98. The van der Waals surface area contributed by atoms with E-state index in [0.717, 1.165) is 11.3 Å². The molecule has 0 aliphatic carbocycles. The number of amides is 1. The molecule has 1 aliphatic rings. The molecule has 0 saturated carbocycles. The van der Waals surface area contributed by atoms with Crippen molar-refractivity contribution in [1.82, 2.24) is 4.98 Å². The lowest BCUT2D eigenvalue weighted by Gasteiger charge is -2.09. The van der Waals surface area contributed by atoms with Gasteiger partial charge in [0.05, 0.1) is 0 Å². The Bertz CT molecular complexity index is 630. The monoisotopic (exact) mass is 274 g/mol. The molecule has 5 heteroatoms. The number of aromatic nitrogens is 1. The first-order valence-electron chi connectivity index (χ1n) is 5.89. The predicted molar refractivity (Wildman–Crippen MR) is 72.6 cm³/mol. The minimum Gasteiger partial charge on any atom is -0.492 e. The number of nitrogens with one attached hydrogen (secondary N) is 1. The van der Waals surface area contributed by atoms with E-state index < -0.39 is 0 Å². The molecule has 96 valence electrons. The molecule has 1 amide bonds. The molecule has 0 saturated heterocycles. The fraction of sp³-hybridized carbons (Fsp3) is 0.143. The fourth-order valence-electron chi connectivity index (χ4n) is 2.07. The molecule has 1 aliphatic heterocycles. The van der Waals surface area contributed by atoms with Crippen LogP contribution >= 0.6 is 11.6 Å². The van der Waals surface area contributed by atoms with Gasteiger partial charge in [-0.3, -0.25) is 4.79 Å². The highest BCUT2D eigenvalue weighted by Gasteiger charge is 2.30. The third kappa shape index (κ3) is 2.39. The number of hydrogen-bond donors (Lipinski definition) is 1. The first kappa shape index (κ1) is 12.0. The van der Waals surface area contributed by atoms with Gasteiger partial charge in [-0.15, -0.1) is 0 Å². The van der Waals surface area contributed by atoms with Crippen molar-refractivity contribution in [2.45, 2.75) is 5.92 Å². The Morgan fingerprint density at radius 3 is 2.95 bits per heavy atom. The molecule has 0 spiro atoms. The van der Waals surface area contributed by atoms with Crippen LogP contribution in [0.15, 0.2) is 42.5 Å². The summed E-state index contributed by atoms with van der Waals surface area (Å²) in [6, 6.07) is 12.6. The summed E-state index contributed by atoms with van der Waals surface area (Å²) in [5.74, 6) is 0.764. The van der Waals surface area contributed by atoms with Gasteiger partial charge in [-0.05, 0) is 18.2 Å². The van der Waals surface area contributed by atoms with Crippen molar-refractivity contribution in [3.05, 3.63) is 53.2 Å². The van der Waals surface area contributed by atoms with Crippen molar-refractivity contribution in [1.29, 1.82) is 0 Å². The summed E-state index contributed by atoms with van der Waals surface area (Å²) in [6.45, 7) is 0.353. The maximum Gasteiger partial charge on any atom is 0.236 e. The molecular formula is C14H11ClN2O2. The van der Waals surface area contributed by atoms with E-state index in [1.54, 1.807) is 18.2 Å². The van der Waals surface area contributed by atoms with Gasteiger partial charge in [0.15, 0.2) is 0 Å². The molecule has 2 aromatic rings. The normalized spacial score (nSPS) is 16.6. The molecule has 0 fully saturated rings. The van der Waals surface area contributed by atoms with Crippen molar-refractivity contribution in [2.24, 2.45) is 0 Å². The molecule has 0 bridgehead atoms. The summed E-state index contributed by atoms with van der Waals surface area (Å²) >= 11 is 5.78. The highest BCUT2D eigenvalue weighted by Crippen LogP contribution is 2.34. The molecule has 19 heavy (non-hydrogen) atoms. The van der Waals surface area contributed by atoms with Crippen LogP contribution < -0.4 is 10.1 Å². The zero-order valence-corrected chi connectivity index (χ0v) is 10.7. The summed E-state index contributed by atoms with van der Waals surface area (Å²) in [4.78, 5) is 16.2. The van der Waals surface area contributed by atoms with Gasteiger partial charge in [0.1, 0.15) is 29.2 Å². The Hall–Kier alpha value is -2.07. The van der Waals surface area contributed by atoms with Gasteiger partial charge in [-0.2, -0.15) is 0 Å². The zero-order chi connectivity index (χ0) is 13.2. The second kappa shape index (κ2) is 4.90. The molecule has 0 radical (unpaired) electrons. The molecule has 1 N–H and O–H groups in total. The number of anilines is 1. The number of para-hydroxylation sites is 1. The first-order valence-corrected chi connectivity index (χ1v) is 6.27. The van der Waals surface area contributed by atoms with Crippen LogP contribution in [0.1, 0.15) is 11.5 Å².